The molecule has 1 heterocycles. The van der Waals surface area contributed by atoms with Crippen molar-refractivity contribution in [3.8, 4) is 0 Å². The SMILES string of the molecule is CC(C)c1cccc2c1c(S(=O)Cl)cn2S(=O)c1ccccc1. The van der Waals surface area contributed by atoms with Crippen LogP contribution in [-0.4, -0.2) is 12.4 Å². The van der Waals surface area contributed by atoms with Crippen LogP contribution in [0.4, 0.5) is 0 Å². The van der Waals surface area contributed by atoms with Crippen LogP contribution >= 0.6 is 10.7 Å². The summed E-state index contributed by atoms with van der Waals surface area (Å²) >= 11 is 0. The van der Waals surface area contributed by atoms with Gasteiger partial charge in [-0.25, -0.2) is 8.42 Å². The number of rotatable bonds is 4. The molecule has 0 radical (unpaired) electrons. The quantitative estimate of drug-likeness (QED) is 0.634. The van der Waals surface area contributed by atoms with Crippen molar-refractivity contribution in [2.75, 3.05) is 0 Å². The molecule has 6 heteroatoms. The van der Waals surface area contributed by atoms with E-state index >= 15 is 0 Å². The van der Waals surface area contributed by atoms with Crippen molar-refractivity contribution in [2.45, 2.75) is 29.6 Å². The maximum absolute atomic E-state index is 12.9. The molecule has 0 aliphatic heterocycles. The van der Waals surface area contributed by atoms with E-state index < -0.39 is 21.0 Å². The lowest BCUT2D eigenvalue weighted by Crippen LogP contribution is -2.03. The molecule has 2 aromatic carbocycles. The largest absolute Gasteiger partial charge is 0.261 e. The van der Waals surface area contributed by atoms with E-state index in [1.165, 1.54) is 0 Å². The van der Waals surface area contributed by atoms with Crippen LogP contribution in [0, 0.1) is 0 Å². The molecule has 0 fully saturated rings. The summed E-state index contributed by atoms with van der Waals surface area (Å²) in [5.41, 5.74) is 1.83. The molecule has 2 atom stereocenters. The maximum Gasteiger partial charge on any atom is 0.157 e. The highest BCUT2D eigenvalue weighted by atomic mass is 35.7. The number of aromatic nitrogens is 1. The molecular formula is C17H16ClNO2S2. The maximum atomic E-state index is 12.9. The van der Waals surface area contributed by atoms with Gasteiger partial charge in [0.15, 0.2) is 11.0 Å². The number of halogens is 1. The summed E-state index contributed by atoms with van der Waals surface area (Å²) in [7, 11) is 2.80. The molecular weight excluding hydrogens is 350 g/mol. The van der Waals surface area contributed by atoms with Crippen LogP contribution in [0.5, 0.6) is 0 Å². The van der Waals surface area contributed by atoms with E-state index in [1.54, 1.807) is 10.2 Å². The van der Waals surface area contributed by atoms with E-state index in [1.807, 2.05) is 48.5 Å². The molecule has 120 valence electrons. The van der Waals surface area contributed by atoms with Gasteiger partial charge in [-0.1, -0.05) is 44.2 Å². The molecule has 0 spiro atoms. The van der Waals surface area contributed by atoms with Gasteiger partial charge in [0.05, 0.1) is 15.3 Å². The molecule has 1 aromatic heterocycles. The van der Waals surface area contributed by atoms with Gasteiger partial charge in [0.25, 0.3) is 0 Å². The third-order valence-electron chi connectivity index (χ3n) is 3.71. The van der Waals surface area contributed by atoms with Crippen molar-refractivity contribution in [3.05, 3.63) is 60.3 Å². The fourth-order valence-electron chi connectivity index (χ4n) is 2.64. The highest BCUT2D eigenvalue weighted by Crippen LogP contribution is 2.33. The first kappa shape index (κ1) is 16.4. The zero-order valence-corrected chi connectivity index (χ0v) is 15.1. The van der Waals surface area contributed by atoms with Crippen LogP contribution in [0.1, 0.15) is 25.3 Å². The predicted octanol–water partition coefficient (Wildman–Crippen LogP) is 4.60. The minimum atomic E-state index is -1.67. The Bertz CT molecular complexity index is 904. The minimum absolute atomic E-state index is 0.249. The normalized spacial score (nSPS) is 14.3. The molecule has 0 amide bonds. The first-order chi connectivity index (χ1) is 11.0. The standard InChI is InChI=1S/C17H16ClNO2S2/c1-12(2)14-9-6-10-15-17(14)16(22(18)20)11-19(15)23(21)13-7-4-3-5-8-13/h3-12H,1-2H3. The second-order valence-corrected chi connectivity index (χ2v) is 8.59. The Morgan fingerprint density at radius 1 is 1.00 bits per heavy atom. The van der Waals surface area contributed by atoms with Crippen LogP contribution in [0.3, 0.4) is 0 Å². The molecule has 0 aliphatic carbocycles. The fraction of sp³-hybridized carbons (Fsp3) is 0.176. The molecule has 0 aliphatic rings. The number of nitrogens with zero attached hydrogens (tertiary/aromatic N) is 1. The summed E-state index contributed by atoms with van der Waals surface area (Å²) in [6.07, 6.45) is 1.64. The van der Waals surface area contributed by atoms with Gasteiger partial charge in [-0.3, -0.25) is 3.97 Å². The van der Waals surface area contributed by atoms with E-state index in [4.69, 9.17) is 10.7 Å². The van der Waals surface area contributed by atoms with Crippen molar-refractivity contribution >= 4 is 42.6 Å². The zero-order chi connectivity index (χ0) is 16.6. The Hall–Kier alpha value is -1.43. The van der Waals surface area contributed by atoms with Gasteiger partial charge < -0.3 is 0 Å². The first-order valence-corrected chi connectivity index (χ1v) is 10.3. The van der Waals surface area contributed by atoms with Crippen LogP contribution in [0.25, 0.3) is 10.9 Å². The Balaban J connectivity index is 2.29. The fourth-order valence-corrected chi connectivity index (χ4v) is 4.78. The summed E-state index contributed by atoms with van der Waals surface area (Å²) in [6.45, 7) is 4.14. The third-order valence-corrected chi connectivity index (χ3v) is 6.20. The van der Waals surface area contributed by atoms with Gasteiger partial charge in [-0.05, 0) is 40.4 Å². The number of hydrogen-bond donors (Lipinski definition) is 0. The Kier molecular flexibility index (Phi) is 4.71. The molecule has 0 N–H and O–H groups in total. The topological polar surface area (TPSA) is 39.1 Å². The Morgan fingerprint density at radius 3 is 2.30 bits per heavy atom. The van der Waals surface area contributed by atoms with Gasteiger partial charge in [0.1, 0.15) is 10.0 Å². The average Bonchev–Trinajstić information content (AvgIpc) is 2.94. The van der Waals surface area contributed by atoms with Gasteiger partial charge >= 0.3 is 0 Å². The van der Waals surface area contributed by atoms with Gasteiger partial charge in [-0.15, -0.1) is 0 Å². The first-order valence-electron chi connectivity index (χ1n) is 7.20. The van der Waals surface area contributed by atoms with E-state index in [0.717, 1.165) is 16.5 Å². The molecule has 2 unspecified atom stereocenters. The van der Waals surface area contributed by atoms with Crippen LogP contribution in [0.2, 0.25) is 0 Å². The summed E-state index contributed by atoms with van der Waals surface area (Å²) in [5, 5.41) is 0.833. The Labute approximate surface area is 144 Å². The molecule has 3 aromatic rings. The third kappa shape index (κ3) is 3.01. The molecule has 3 rings (SSSR count). The van der Waals surface area contributed by atoms with E-state index in [0.29, 0.717) is 9.79 Å². The number of hydrogen-bond acceptors (Lipinski definition) is 2. The lowest BCUT2D eigenvalue weighted by atomic mass is 9.99. The summed E-state index contributed by atoms with van der Waals surface area (Å²) in [5.74, 6) is 0.249. The van der Waals surface area contributed by atoms with Gasteiger partial charge in [0.2, 0.25) is 0 Å². The zero-order valence-electron chi connectivity index (χ0n) is 12.7. The lowest BCUT2D eigenvalue weighted by molar-refractivity contribution is 0.678. The summed E-state index contributed by atoms with van der Waals surface area (Å²) in [6, 6.07) is 15.0. The van der Waals surface area contributed by atoms with Crippen molar-refractivity contribution in [1.82, 2.24) is 3.97 Å². The monoisotopic (exact) mass is 365 g/mol. The number of fused-ring (bicyclic) bond motifs is 1. The Morgan fingerprint density at radius 2 is 1.70 bits per heavy atom. The van der Waals surface area contributed by atoms with E-state index in [2.05, 4.69) is 13.8 Å². The number of benzene rings is 2. The molecule has 23 heavy (non-hydrogen) atoms. The smallest absolute Gasteiger partial charge is 0.157 e. The van der Waals surface area contributed by atoms with Gasteiger partial charge in [0, 0.05) is 11.6 Å². The predicted molar refractivity (Wildman–Crippen MR) is 96.5 cm³/mol. The molecule has 3 nitrogen and oxygen atoms in total. The highest BCUT2D eigenvalue weighted by molar-refractivity contribution is 8.08. The van der Waals surface area contributed by atoms with Crippen molar-refractivity contribution < 1.29 is 8.42 Å². The molecule has 0 bridgehead atoms. The molecule has 0 saturated carbocycles. The van der Waals surface area contributed by atoms with Crippen LogP contribution in [-0.2, 0) is 21.0 Å². The van der Waals surface area contributed by atoms with Crippen LogP contribution in [0.15, 0.2) is 64.5 Å². The van der Waals surface area contributed by atoms with Crippen molar-refractivity contribution in [1.29, 1.82) is 0 Å². The highest BCUT2D eigenvalue weighted by Gasteiger charge is 2.20. The summed E-state index contributed by atoms with van der Waals surface area (Å²) < 4.78 is 26.5. The van der Waals surface area contributed by atoms with E-state index in [9.17, 15) is 8.42 Å². The van der Waals surface area contributed by atoms with Crippen LogP contribution < -0.4 is 0 Å². The van der Waals surface area contributed by atoms with Gasteiger partial charge in [-0.2, -0.15) is 0 Å². The summed E-state index contributed by atoms with van der Waals surface area (Å²) in [4.78, 5) is 1.20. The molecule has 0 saturated heterocycles. The van der Waals surface area contributed by atoms with Crippen molar-refractivity contribution in [2.24, 2.45) is 0 Å². The minimum Gasteiger partial charge on any atom is -0.261 e. The van der Waals surface area contributed by atoms with E-state index in [-0.39, 0.29) is 5.92 Å². The second-order valence-electron chi connectivity index (χ2n) is 5.50. The van der Waals surface area contributed by atoms with Crippen molar-refractivity contribution in [3.63, 3.8) is 0 Å². The second kappa shape index (κ2) is 6.59. The average molecular weight is 366 g/mol. The lowest BCUT2D eigenvalue weighted by Gasteiger charge is -2.09.